The lowest BCUT2D eigenvalue weighted by Gasteiger charge is -2.15. The first kappa shape index (κ1) is 26.2. The van der Waals surface area contributed by atoms with E-state index >= 15 is 0 Å². The molecule has 6 heteroatoms. The van der Waals surface area contributed by atoms with E-state index in [-0.39, 0.29) is 5.91 Å². The first-order valence-electron chi connectivity index (χ1n) is 10.6. The summed E-state index contributed by atoms with van der Waals surface area (Å²) in [6, 6.07) is -0.567. The molecule has 5 nitrogen and oxygen atoms in total. The third-order valence-electron chi connectivity index (χ3n) is 4.75. The molecule has 1 N–H and O–H groups in total. The fourth-order valence-corrected chi connectivity index (χ4v) is 3.35. The van der Waals surface area contributed by atoms with Crippen LogP contribution in [0.15, 0.2) is 0 Å². The number of carbonyl (C=O) groups is 2. The molecule has 0 radical (unpaired) electrons. The van der Waals surface area contributed by atoms with Gasteiger partial charge in [0.05, 0.1) is 7.11 Å². The number of unbranched alkanes of at least 4 members (excludes halogenated alkanes) is 10. The number of methoxy groups -OCH3 is 1. The number of hydrogen-bond donors (Lipinski definition) is 2. The minimum Gasteiger partial charge on any atom is -0.467 e. The van der Waals surface area contributed by atoms with Gasteiger partial charge in [0.15, 0.2) is 0 Å². The molecule has 0 aliphatic heterocycles. The van der Waals surface area contributed by atoms with Gasteiger partial charge in [-0.3, -0.25) is 4.79 Å². The number of hydrogen-bond acceptors (Lipinski definition) is 5. The SMILES string of the molecule is COC(=O)C(CCS)NC(=O)CCCCCCCCCCCCCN(C)C. The zero-order valence-corrected chi connectivity index (χ0v) is 18.7. The molecule has 0 aliphatic rings. The van der Waals surface area contributed by atoms with Crippen LogP contribution in [0.4, 0.5) is 0 Å². The van der Waals surface area contributed by atoms with Gasteiger partial charge in [0.1, 0.15) is 6.04 Å². The number of ether oxygens (including phenoxy) is 1. The number of carbonyl (C=O) groups excluding carboxylic acids is 2. The van der Waals surface area contributed by atoms with Crippen LogP contribution in [0, 0.1) is 0 Å². The Morgan fingerprint density at radius 3 is 1.81 bits per heavy atom. The zero-order valence-electron chi connectivity index (χ0n) is 17.8. The van der Waals surface area contributed by atoms with E-state index in [4.69, 9.17) is 4.74 Å². The van der Waals surface area contributed by atoms with Crippen molar-refractivity contribution in [2.75, 3.05) is 33.5 Å². The van der Waals surface area contributed by atoms with Crippen LogP contribution >= 0.6 is 12.6 Å². The molecule has 0 aromatic heterocycles. The average molecular weight is 403 g/mol. The third kappa shape index (κ3) is 17.1. The van der Waals surface area contributed by atoms with Crippen LogP contribution in [0.25, 0.3) is 0 Å². The number of thiol groups is 1. The van der Waals surface area contributed by atoms with Crippen molar-refractivity contribution in [2.24, 2.45) is 0 Å². The molecule has 0 bridgehead atoms. The molecule has 0 heterocycles. The maximum atomic E-state index is 11.9. The van der Waals surface area contributed by atoms with Crippen molar-refractivity contribution >= 4 is 24.5 Å². The standard InChI is InChI=1S/C21H42N2O3S/c1-23(2)17-14-12-10-8-6-4-5-7-9-11-13-15-20(24)22-19(16-18-27)21(25)26-3/h19,27H,4-18H2,1-3H3,(H,22,24). The highest BCUT2D eigenvalue weighted by atomic mass is 32.1. The van der Waals surface area contributed by atoms with Gasteiger partial charge in [0.25, 0.3) is 0 Å². The molecule has 1 atom stereocenters. The fraction of sp³-hybridized carbons (Fsp3) is 0.905. The van der Waals surface area contributed by atoms with Gasteiger partial charge in [-0.05, 0) is 45.7 Å². The molecule has 160 valence electrons. The Labute approximate surface area is 172 Å². The average Bonchev–Trinajstić information content (AvgIpc) is 2.64. The molecule has 0 rings (SSSR count). The second-order valence-electron chi connectivity index (χ2n) is 7.60. The van der Waals surface area contributed by atoms with E-state index in [1.165, 1.54) is 71.4 Å². The summed E-state index contributed by atoms with van der Waals surface area (Å²) in [6.45, 7) is 1.20. The summed E-state index contributed by atoms with van der Waals surface area (Å²) in [5, 5.41) is 2.75. The number of nitrogens with zero attached hydrogens (tertiary/aromatic N) is 1. The summed E-state index contributed by atoms with van der Waals surface area (Å²) >= 11 is 4.12. The van der Waals surface area contributed by atoms with Gasteiger partial charge in [-0.25, -0.2) is 4.79 Å². The van der Waals surface area contributed by atoms with Crippen LogP contribution in [0.2, 0.25) is 0 Å². The highest BCUT2D eigenvalue weighted by Crippen LogP contribution is 2.12. The number of nitrogens with one attached hydrogen (secondary N) is 1. The summed E-state index contributed by atoms with van der Waals surface area (Å²) in [4.78, 5) is 25.7. The molecule has 0 saturated carbocycles. The molecule has 1 amide bonds. The van der Waals surface area contributed by atoms with Crippen LogP contribution in [0.3, 0.4) is 0 Å². The van der Waals surface area contributed by atoms with Gasteiger partial charge < -0.3 is 15.0 Å². The van der Waals surface area contributed by atoms with E-state index in [9.17, 15) is 9.59 Å². The van der Waals surface area contributed by atoms with Gasteiger partial charge in [-0.1, -0.05) is 57.8 Å². The maximum absolute atomic E-state index is 11.9. The Hall–Kier alpha value is -0.750. The smallest absolute Gasteiger partial charge is 0.328 e. The molecule has 0 aromatic rings. The Morgan fingerprint density at radius 2 is 1.37 bits per heavy atom. The highest BCUT2D eigenvalue weighted by Gasteiger charge is 2.20. The maximum Gasteiger partial charge on any atom is 0.328 e. The summed E-state index contributed by atoms with van der Waals surface area (Å²) in [6.07, 6.45) is 14.8. The topological polar surface area (TPSA) is 58.6 Å². The van der Waals surface area contributed by atoms with E-state index in [1.54, 1.807) is 0 Å². The minimum atomic E-state index is -0.567. The monoisotopic (exact) mass is 402 g/mol. The van der Waals surface area contributed by atoms with Crippen molar-refractivity contribution in [3.8, 4) is 0 Å². The van der Waals surface area contributed by atoms with Crippen LogP contribution in [0.5, 0.6) is 0 Å². The van der Waals surface area contributed by atoms with E-state index in [0.717, 1.165) is 12.8 Å². The van der Waals surface area contributed by atoms with Crippen molar-refractivity contribution in [2.45, 2.75) is 89.5 Å². The molecule has 0 spiro atoms. The molecule has 0 aromatic carbocycles. The van der Waals surface area contributed by atoms with Crippen molar-refractivity contribution in [1.29, 1.82) is 0 Å². The summed E-state index contributed by atoms with van der Waals surface area (Å²) in [5.41, 5.74) is 0. The zero-order chi connectivity index (χ0) is 20.3. The molecule has 27 heavy (non-hydrogen) atoms. The van der Waals surface area contributed by atoms with Gasteiger partial charge >= 0.3 is 5.97 Å². The van der Waals surface area contributed by atoms with E-state index in [1.807, 2.05) is 0 Å². The summed E-state index contributed by atoms with van der Waals surface area (Å²) < 4.78 is 4.70. The highest BCUT2D eigenvalue weighted by molar-refractivity contribution is 7.80. The summed E-state index contributed by atoms with van der Waals surface area (Å²) in [5.74, 6) is 0.0763. The van der Waals surface area contributed by atoms with Crippen molar-refractivity contribution < 1.29 is 14.3 Å². The lowest BCUT2D eigenvalue weighted by molar-refractivity contribution is -0.145. The first-order valence-corrected chi connectivity index (χ1v) is 11.3. The quantitative estimate of drug-likeness (QED) is 0.205. The Kier molecular flexibility index (Phi) is 18.1. The summed E-state index contributed by atoms with van der Waals surface area (Å²) in [7, 11) is 5.61. The fourth-order valence-electron chi connectivity index (χ4n) is 3.09. The van der Waals surface area contributed by atoms with E-state index in [2.05, 4.69) is 36.9 Å². The van der Waals surface area contributed by atoms with Gasteiger partial charge in [0, 0.05) is 6.42 Å². The molecule has 0 saturated heterocycles. The van der Waals surface area contributed by atoms with Gasteiger partial charge in [0.2, 0.25) is 5.91 Å². The first-order chi connectivity index (χ1) is 13.0. The predicted octanol–water partition coefficient (Wildman–Crippen LogP) is 4.21. The lowest BCUT2D eigenvalue weighted by Crippen LogP contribution is -2.41. The number of amides is 1. The second kappa shape index (κ2) is 18.6. The minimum absolute atomic E-state index is 0.0681. The van der Waals surface area contributed by atoms with Crippen LogP contribution < -0.4 is 5.32 Å². The van der Waals surface area contributed by atoms with Crippen molar-refractivity contribution in [1.82, 2.24) is 10.2 Å². The molecular weight excluding hydrogens is 360 g/mol. The normalized spacial score (nSPS) is 12.2. The van der Waals surface area contributed by atoms with Crippen molar-refractivity contribution in [3.05, 3.63) is 0 Å². The molecular formula is C21H42N2O3S. The number of rotatable bonds is 18. The molecule has 1 unspecified atom stereocenters. The largest absolute Gasteiger partial charge is 0.467 e. The van der Waals surface area contributed by atoms with Gasteiger partial charge in [-0.15, -0.1) is 0 Å². The van der Waals surface area contributed by atoms with Crippen LogP contribution in [0.1, 0.15) is 83.5 Å². The number of esters is 1. The molecule has 0 aliphatic carbocycles. The van der Waals surface area contributed by atoms with E-state index in [0.29, 0.717) is 18.6 Å². The third-order valence-corrected chi connectivity index (χ3v) is 5.01. The Morgan fingerprint density at radius 1 is 0.889 bits per heavy atom. The van der Waals surface area contributed by atoms with Crippen LogP contribution in [-0.4, -0.2) is 56.3 Å². The Bertz CT molecular complexity index is 378. The van der Waals surface area contributed by atoms with Crippen LogP contribution in [-0.2, 0) is 14.3 Å². The van der Waals surface area contributed by atoms with Gasteiger partial charge in [-0.2, -0.15) is 12.6 Å². The second-order valence-corrected chi connectivity index (χ2v) is 8.05. The van der Waals surface area contributed by atoms with E-state index < -0.39 is 12.0 Å². The molecule has 0 fully saturated rings. The lowest BCUT2D eigenvalue weighted by atomic mass is 10.0. The Balaban J connectivity index is 3.45. The predicted molar refractivity (Wildman–Crippen MR) is 116 cm³/mol. The van der Waals surface area contributed by atoms with Crippen molar-refractivity contribution in [3.63, 3.8) is 0 Å².